The zero-order chi connectivity index (χ0) is 19.3. The Bertz CT molecular complexity index is 737. The van der Waals surface area contributed by atoms with Crippen molar-refractivity contribution in [1.82, 2.24) is 10.2 Å². The van der Waals surface area contributed by atoms with Crippen molar-refractivity contribution in [3.8, 4) is 0 Å². The molecule has 1 fully saturated rings. The van der Waals surface area contributed by atoms with Gasteiger partial charge in [0.1, 0.15) is 0 Å². The number of ketones is 1. The Morgan fingerprint density at radius 3 is 2.41 bits per heavy atom. The number of hydrogen-bond donors (Lipinski definition) is 1. The van der Waals surface area contributed by atoms with E-state index in [4.69, 9.17) is 4.74 Å². The van der Waals surface area contributed by atoms with Gasteiger partial charge in [-0.1, -0.05) is 61.5 Å². The molecule has 0 amide bonds. The minimum absolute atomic E-state index is 0.114. The maximum atomic E-state index is 13.4. The molecular weight excluding hydrogens is 336 g/mol. The highest BCUT2D eigenvalue weighted by Gasteiger charge is 2.39. The Morgan fingerprint density at radius 2 is 1.85 bits per heavy atom. The number of rotatable bonds is 7. The third kappa shape index (κ3) is 4.29. The number of morpholine rings is 1. The molecule has 2 atom stereocenters. The molecule has 0 radical (unpaired) electrons. The van der Waals surface area contributed by atoms with Gasteiger partial charge in [-0.15, -0.1) is 0 Å². The molecular formula is C23H30N2O2. The summed E-state index contributed by atoms with van der Waals surface area (Å²) in [6, 6.07) is 18.2. The van der Waals surface area contributed by atoms with E-state index in [0.717, 1.165) is 31.7 Å². The van der Waals surface area contributed by atoms with Gasteiger partial charge < -0.3 is 10.1 Å². The van der Waals surface area contributed by atoms with Gasteiger partial charge in [0.05, 0.1) is 18.2 Å². The van der Waals surface area contributed by atoms with Crippen LogP contribution in [0.5, 0.6) is 0 Å². The molecule has 0 saturated carbocycles. The molecule has 0 spiro atoms. The Kier molecular flexibility index (Phi) is 6.42. The van der Waals surface area contributed by atoms with Crippen LogP contribution in [0.2, 0.25) is 0 Å². The van der Waals surface area contributed by atoms with E-state index in [9.17, 15) is 4.79 Å². The lowest BCUT2D eigenvalue weighted by molar-refractivity contribution is 0.0277. The second kappa shape index (κ2) is 8.79. The molecule has 4 heteroatoms. The standard InChI is InChI=1S/C23H30N2O2/c1-4-23(25(2)3,22(26)20-8-6-5-7-9-20)16-18-10-12-19(13-11-18)21-17-24-14-15-27-21/h5-13,21,24H,4,14-17H2,1-3H3. The number of carbonyl (C=O) groups is 1. The number of nitrogens with one attached hydrogen (secondary N) is 1. The average molecular weight is 367 g/mol. The molecule has 2 unspecified atom stereocenters. The summed E-state index contributed by atoms with van der Waals surface area (Å²) in [5.41, 5.74) is 2.58. The van der Waals surface area contributed by atoms with Crippen LogP contribution in [-0.2, 0) is 11.2 Å². The molecule has 4 nitrogen and oxygen atoms in total. The minimum atomic E-state index is -0.550. The van der Waals surface area contributed by atoms with Crippen LogP contribution in [0.15, 0.2) is 54.6 Å². The van der Waals surface area contributed by atoms with E-state index in [1.807, 2.05) is 44.4 Å². The number of likely N-dealkylation sites (N-methyl/N-ethyl adjacent to an activating group) is 1. The van der Waals surface area contributed by atoms with Crippen LogP contribution in [0, 0.1) is 0 Å². The summed E-state index contributed by atoms with van der Waals surface area (Å²) >= 11 is 0. The van der Waals surface area contributed by atoms with E-state index in [1.165, 1.54) is 11.1 Å². The zero-order valence-electron chi connectivity index (χ0n) is 16.6. The number of benzene rings is 2. The first-order chi connectivity index (χ1) is 13.1. The summed E-state index contributed by atoms with van der Waals surface area (Å²) in [4.78, 5) is 15.5. The van der Waals surface area contributed by atoms with Crippen LogP contribution in [0.4, 0.5) is 0 Å². The fraction of sp³-hybridized carbons (Fsp3) is 0.435. The Morgan fingerprint density at radius 1 is 1.15 bits per heavy atom. The molecule has 1 saturated heterocycles. The first-order valence-electron chi connectivity index (χ1n) is 9.75. The second-order valence-electron chi connectivity index (χ2n) is 7.46. The van der Waals surface area contributed by atoms with E-state index in [1.54, 1.807) is 0 Å². The summed E-state index contributed by atoms with van der Waals surface area (Å²) in [6.07, 6.45) is 1.56. The summed E-state index contributed by atoms with van der Waals surface area (Å²) in [5, 5.41) is 3.37. The maximum absolute atomic E-state index is 13.4. The van der Waals surface area contributed by atoms with Crippen molar-refractivity contribution >= 4 is 5.78 Å². The Labute approximate surface area is 162 Å². The number of nitrogens with zero attached hydrogens (tertiary/aromatic N) is 1. The van der Waals surface area contributed by atoms with E-state index in [-0.39, 0.29) is 11.9 Å². The topological polar surface area (TPSA) is 41.6 Å². The number of Topliss-reactive ketones (excluding diaryl/α,β-unsaturated/α-hetero) is 1. The van der Waals surface area contributed by atoms with E-state index in [0.29, 0.717) is 6.42 Å². The summed E-state index contributed by atoms with van der Waals surface area (Å²) in [5.74, 6) is 0.180. The largest absolute Gasteiger partial charge is 0.371 e. The zero-order valence-corrected chi connectivity index (χ0v) is 16.6. The molecule has 0 bridgehead atoms. The summed E-state index contributed by atoms with van der Waals surface area (Å²) in [7, 11) is 4.00. The molecule has 0 aromatic heterocycles. The van der Waals surface area contributed by atoms with Gasteiger partial charge in [0, 0.05) is 18.7 Å². The van der Waals surface area contributed by atoms with Crippen LogP contribution in [0.3, 0.4) is 0 Å². The normalized spacial score (nSPS) is 19.6. The SMILES string of the molecule is CCC(Cc1ccc(C2CNCCO2)cc1)(C(=O)c1ccccc1)N(C)C. The first-order valence-corrected chi connectivity index (χ1v) is 9.75. The monoisotopic (exact) mass is 366 g/mol. The third-order valence-corrected chi connectivity index (χ3v) is 5.68. The minimum Gasteiger partial charge on any atom is -0.371 e. The number of ether oxygens (including phenoxy) is 1. The molecule has 144 valence electrons. The fourth-order valence-corrected chi connectivity index (χ4v) is 3.87. The van der Waals surface area contributed by atoms with Crippen molar-refractivity contribution in [1.29, 1.82) is 0 Å². The Hall–Kier alpha value is -2.01. The third-order valence-electron chi connectivity index (χ3n) is 5.68. The molecule has 27 heavy (non-hydrogen) atoms. The molecule has 0 aliphatic carbocycles. The lowest BCUT2D eigenvalue weighted by Gasteiger charge is -2.38. The van der Waals surface area contributed by atoms with E-state index >= 15 is 0 Å². The number of carbonyl (C=O) groups excluding carboxylic acids is 1. The van der Waals surface area contributed by atoms with Crippen molar-refractivity contribution in [2.45, 2.75) is 31.4 Å². The molecule has 2 aromatic rings. The lowest BCUT2D eigenvalue weighted by atomic mass is 9.80. The quantitative estimate of drug-likeness (QED) is 0.762. The molecule has 3 rings (SSSR count). The van der Waals surface area contributed by atoms with Crippen molar-refractivity contribution in [2.24, 2.45) is 0 Å². The maximum Gasteiger partial charge on any atom is 0.183 e. The van der Waals surface area contributed by atoms with Gasteiger partial charge in [-0.3, -0.25) is 9.69 Å². The highest BCUT2D eigenvalue weighted by Crippen LogP contribution is 2.28. The van der Waals surface area contributed by atoms with Crippen LogP contribution < -0.4 is 5.32 Å². The lowest BCUT2D eigenvalue weighted by Crippen LogP contribution is -2.52. The van der Waals surface area contributed by atoms with Gasteiger partial charge in [-0.2, -0.15) is 0 Å². The predicted molar refractivity (Wildman–Crippen MR) is 109 cm³/mol. The van der Waals surface area contributed by atoms with Crippen LogP contribution in [-0.4, -0.2) is 50.0 Å². The van der Waals surface area contributed by atoms with Gasteiger partial charge >= 0.3 is 0 Å². The molecule has 1 N–H and O–H groups in total. The molecule has 2 aromatic carbocycles. The van der Waals surface area contributed by atoms with Crippen molar-refractivity contribution in [3.05, 3.63) is 71.3 Å². The number of hydrogen-bond acceptors (Lipinski definition) is 4. The molecule has 1 heterocycles. The van der Waals surface area contributed by atoms with Gasteiger partial charge in [0.2, 0.25) is 0 Å². The second-order valence-corrected chi connectivity index (χ2v) is 7.46. The summed E-state index contributed by atoms with van der Waals surface area (Å²) < 4.78 is 5.84. The average Bonchev–Trinajstić information content (AvgIpc) is 2.73. The van der Waals surface area contributed by atoms with E-state index in [2.05, 4.69) is 41.4 Å². The smallest absolute Gasteiger partial charge is 0.183 e. The molecule has 1 aliphatic rings. The van der Waals surface area contributed by atoms with Gasteiger partial charge in [0.15, 0.2) is 5.78 Å². The van der Waals surface area contributed by atoms with Crippen LogP contribution in [0.1, 0.15) is 40.9 Å². The van der Waals surface area contributed by atoms with Gasteiger partial charge in [-0.05, 0) is 38.1 Å². The van der Waals surface area contributed by atoms with Gasteiger partial charge in [0.25, 0.3) is 0 Å². The predicted octanol–water partition coefficient (Wildman–Crippen LogP) is 3.48. The fourth-order valence-electron chi connectivity index (χ4n) is 3.87. The molecule has 1 aliphatic heterocycles. The first kappa shape index (κ1) is 19.7. The highest BCUT2D eigenvalue weighted by atomic mass is 16.5. The Balaban J connectivity index is 1.83. The van der Waals surface area contributed by atoms with Crippen molar-refractivity contribution in [2.75, 3.05) is 33.8 Å². The highest BCUT2D eigenvalue weighted by molar-refractivity contribution is 6.03. The van der Waals surface area contributed by atoms with E-state index < -0.39 is 5.54 Å². The van der Waals surface area contributed by atoms with Crippen molar-refractivity contribution < 1.29 is 9.53 Å². The van der Waals surface area contributed by atoms with Crippen molar-refractivity contribution in [3.63, 3.8) is 0 Å². The van der Waals surface area contributed by atoms with Crippen LogP contribution >= 0.6 is 0 Å². The van der Waals surface area contributed by atoms with Gasteiger partial charge in [-0.25, -0.2) is 0 Å². The summed E-state index contributed by atoms with van der Waals surface area (Å²) in [6.45, 7) is 4.61. The van der Waals surface area contributed by atoms with Crippen LogP contribution in [0.25, 0.3) is 0 Å².